The van der Waals surface area contributed by atoms with Crippen LogP contribution in [0.4, 0.5) is 5.69 Å². The zero-order valence-electron chi connectivity index (χ0n) is 9.63. The molecule has 1 aromatic heterocycles. The van der Waals surface area contributed by atoms with E-state index in [4.69, 9.17) is 0 Å². The fourth-order valence-electron chi connectivity index (χ4n) is 1.50. The summed E-state index contributed by atoms with van der Waals surface area (Å²) < 4.78 is 1.74. The van der Waals surface area contributed by atoms with E-state index in [1.807, 2.05) is 31.2 Å². The highest BCUT2D eigenvalue weighted by molar-refractivity contribution is 5.90. The molecule has 1 N–H and O–H groups in total. The fourth-order valence-corrected chi connectivity index (χ4v) is 1.50. The summed E-state index contributed by atoms with van der Waals surface area (Å²) in [6.45, 7) is 2.48. The van der Waals surface area contributed by atoms with Gasteiger partial charge in [0.25, 0.3) is 0 Å². The molecule has 0 fully saturated rings. The maximum Gasteiger partial charge on any atom is 0.224 e. The van der Waals surface area contributed by atoms with Gasteiger partial charge < -0.3 is 5.32 Å². The largest absolute Gasteiger partial charge is 0.326 e. The molecule has 2 aromatic rings. The van der Waals surface area contributed by atoms with Gasteiger partial charge in [0.05, 0.1) is 6.54 Å². The molecule has 0 spiro atoms. The molecule has 1 aromatic carbocycles. The number of rotatable bonds is 4. The summed E-state index contributed by atoms with van der Waals surface area (Å²) >= 11 is 0. The first kappa shape index (κ1) is 11.3. The number of carbonyl (C=O) groups excluding carboxylic acids is 1. The average molecular weight is 230 g/mol. The van der Waals surface area contributed by atoms with E-state index in [9.17, 15) is 4.79 Å². The second-order valence-corrected chi connectivity index (χ2v) is 3.70. The van der Waals surface area contributed by atoms with Gasteiger partial charge in [0.15, 0.2) is 0 Å². The van der Waals surface area contributed by atoms with Crippen molar-refractivity contribution in [2.24, 2.45) is 0 Å². The zero-order chi connectivity index (χ0) is 12.1. The molecule has 17 heavy (non-hydrogen) atoms. The van der Waals surface area contributed by atoms with Gasteiger partial charge in [0, 0.05) is 12.1 Å². The van der Waals surface area contributed by atoms with Crippen molar-refractivity contribution in [2.75, 3.05) is 5.32 Å². The number of amides is 1. The normalized spacial score (nSPS) is 10.2. The van der Waals surface area contributed by atoms with Crippen molar-refractivity contribution in [1.82, 2.24) is 14.8 Å². The molecule has 0 radical (unpaired) electrons. The van der Waals surface area contributed by atoms with Crippen LogP contribution in [0, 0.1) is 0 Å². The van der Waals surface area contributed by atoms with E-state index in [1.165, 1.54) is 6.33 Å². The fraction of sp³-hybridized carbons (Fsp3) is 0.250. The third-order valence-corrected chi connectivity index (χ3v) is 2.34. The lowest BCUT2D eigenvalue weighted by molar-refractivity contribution is -0.115. The molecule has 5 nitrogen and oxygen atoms in total. The first-order valence-corrected chi connectivity index (χ1v) is 5.49. The Morgan fingerprint density at radius 3 is 3.06 bits per heavy atom. The Hall–Kier alpha value is -2.17. The molecule has 0 aliphatic rings. The third kappa shape index (κ3) is 3.14. The highest BCUT2D eigenvalue weighted by Gasteiger charge is 2.01. The number of anilines is 1. The second-order valence-electron chi connectivity index (χ2n) is 3.70. The Balaban J connectivity index is 2.08. The summed E-state index contributed by atoms with van der Waals surface area (Å²) in [6.07, 6.45) is 3.65. The van der Waals surface area contributed by atoms with Gasteiger partial charge in [-0.15, -0.1) is 0 Å². The van der Waals surface area contributed by atoms with Crippen LogP contribution in [0.15, 0.2) is 36.9 Å². The van der Waals surface area contributed by atoms with Gasteiger partial charge in [0.1, 0.15) is 12.7 Å². The standard InChI is InChI=1S/C12H14N4O/c1-2-12(17)15-11-5-3-4-10(6-11)7-16-9-13-8-14-16/h3-6,8-9H,2,7H2,1H3,(H,15,17). The van der Waals surface area contributed by atoms with Crippen LogP contribution in [0.1, 0.15) is 18.9 Å². The van der Waals surface area contributed by atoms with Crippen molar-refractivity contribution in [3.8, 4) is 0 Å². The van der Waals surface area contributed by atoms with Gasteiger partial charge in [-0.25, -0.2) is 9.67 Å². The Labute approximate surface area is 99.5 Å². The minimum absolute atomic E-state index is 0.0166. The number of hydrogen-bond donors (Lipinski definition) is 1. The molecular formula is C12H14N4O. The molecule has 1 heterocycles. The monoisotopic (exact) mass is 230 g/mol. The summed E-state index contributed by atoms with van der Waals surface area (Å²) in [7, 11) is 0. The number of carbonyl (C=O) groups is 1. The molecule has 0 saturated heterocycles. The van der Waals surface area contributed by atoms with Crippen molar-refractivity contribution >= 4 is 11.6 Å². The van der Waals surface area contributed by atoms with Crippen LogP contribution in [0.25, 0.3) is 0 Å². The van der Waals surface area contributed by atoms with Crippen molar-refractivity contribution in [3.63, 3.8) is 0 Å². The highest BCUT2D eigenvalue weighted by atomic mass is 16.1. The summed E-state index contributed by atoms with van der Waals surface area (Å²) in [5.41, 5.74) is 1.89. The molecule has 0 atom stereocenters. The lowest BCUT2D eigenvalue weighted by Crippen LogP contribution is -2.09. The van der Waals surface area contributed by atoms with Gasteiger partial charge in [-0.3, -0.25) is 4.79 Å². The molecule has 0 aliphatic carbocycles. The number of benzene rings is 1. The molecule has 0 bridgehead atoms. The first-order valence-electron chi connectivity index (χ1n) is 5.49. The van der Waals surface area contributed by atoms with E-state index in [0.29, 0.717) is 13.0 Å². The molecule has 5 heteroatoms. The lowest BCUT2D eigenvalue weighted by Gasteiger charge is -2.06. The Morgan fingerprint density at radius 2 is 2.35 bits per heavy atom. The zero-order valence-corrected chi connectivity index (χ0v) is 9.63. The van der Waals surface area contributed by atoms with Crippen LogP contribution in [0.2, 0.25) is 0 Å². The minimum Gasteiger partial charge on any atom is -0.326 e. The SMILES string of the molecule is CCC(=O)Nc1cccc(Cn2cncn2)c1. The van der Waals surface area contributed by atoms with Crippen molar-refractivity contribution in [2.45, 2.75) is 19.9 Å². The van der Waals surface area contributed by atoms with Crippen molar-refractivity contribution in [1.29, 1.82) is 0 Å². The van der Waals surface area contributed by atoms with E-state index in [0.717, 1.165) is 11.3 Å². The van der Waals surface area contributed by atoms with E-state index < -0.39 is 0 Å². The van der Waals surface area contributed by atoms with Gasteiger partial charge in [-0.05, 0) is 17.7 Å². The van der Waals surface area contributed by atoms with E-state index >= 15 is 0 Å². The quantitative estimate of drug-likeness (QED) is 0.869. The Morgan fingerprint density at radius 1 is 1.47 bits per heavy atom. The number of aromatic nitrogens is 3. The summed E-state index contributed by atoms with van der Waals surface area (Å²) in [5.74, 6) is 0.0166. The molecule has 88 valence electrons. The van der Waals surface area contributed by atoms with E-state index in [-0.39, 0.29) is 5.91 Å². The molecular weight excluding hydrogens is 216 g/mol. The summed E-state index contributed by atoms with van der Waals surface area (Å²) in [4.78, 5) is 15.2. The molecule has 1 amide bonds. The second kappa shape index (κ2) is 5.25. The van der Waals surface area contributed by atoms with Crippen LogP contribution >= 0.6 is 0 Å². The van der Waals surface area contributed by atoms with Crippen LogP contribution in [0.3, 0.4) is 0 Å². The number of nitrogens with one attached hydrogen (secondary N) is 1. The molecule has 0 saturated carbocycles. The van der Waals surface area contributed by atoms with Crippen LogP contribution in [-0.4, -0.2) is 20.7 Å². The lowest BCUT2D eigenvalue weighted by atomic mass is 10.2. The maximum atomic E-state index is 11.3. The smallest absolute Gasteiger partial charge is 0.224 e. The van der Waals surface area contributed by atoms with Gasteiger partial charge in [0.2, 0.25) is 5.91 Å². The van der Waals surface area contributed by atoms with E-state index in [2.05, 4.69) is 15.4 Å². The van der Waals surface area contributed by atoms with Crippen LogP contribution in [0.5, 0.6) is 0 Å². The average Bonchev–Trinajstić information content (AvgIpc) is 2.82. The molecule has 0 aliphatic heterocycles. The van der Waals surface area contributed by atoms with Gasteiger partial charge in [-0.2, -0.15) is 5.10 Å². The highest BCUT2D eigenvalue weighted by Crippen LogP contribution is 2.11. The Bertz CT molecular complexity index is 493. The Kier molecular flexibility index (Phi) is 3.49. The third-order valence-electron chi connectivity index (χ3n) is 2.34. The predicted molar refractivity (Wildman–Crippen MR) is 64.5 cm³/mol. The topological polar surface area (TPSA) is 59.8 Å². The van der Waals surface area contributed by atoms with Crippen LogP contribution < -0.4 is 5.32 Å². The molecule has 2 rings (SSSR count). The van der Waals surface area contributed by atoms with Crippen LogP contribution in [-0.2, 0) is 11.3 Å². The summed E-state index contributed by atoms with van der Waals surface area (Å²) in [5, 5.41) is 6.86. The van der Waals surface area contributed by atoms with Gasteiger partial charge in [-0.1, -0.05) is 19.1 Å². The number of hydrogen-bond acceptors (Lipinski definition) is 3. The number of nitrogens with zero attached hydrogens (tertiary/aromatic N) is 3. The van der Waals surface area contributed by atoms with E-state index in [1.54, 1.807) is 11.0 Å². The van der Waals surface area contributed by atoms with Crippen molar-refractivity contribution in [3.05, 3.63) is 42.5 Å². The van der Waals surface area contributed by atoms with Crippen molar-refractivity contribution < 1.29 is 4.79 Å². The minimum atomic E-state index is 0.0166. The van der Waals surface area contributed by atoms with Gasteiger partial charge >= 0.3 is 0 Å². The first-order chi connectivity index (χ1) is 8.28. The summed E-state index contributed by atoms with van der Waals surface area (Å²) in [6, 6.07) is 7.72. The maximum absolute atomic E-state index is 11.3. The predicted octanol–water partition coefficient (Wildman–Crippen LogP) is 1.67. The molecule has 0 unspecified atom stereocenters.